The van der Waals surface area contributed by atoms with Crippen LogP contribution in [0.1, 0.15) is 5.56 Å². The van der Waals surface area contributed by atoms with Crippen LogP contribution in [0.3, 0.4) is 0 Å². The van der Waals surface area contributed by atoms with Crippen LogP contribution in [0.4, 0.5) is 5.69 Å². The summed E-state index contributed by atoms with van der Waals surface area (Å²) in [7, 11) is 1.72. The van der Waals surface area contributed by atoms with Crippen LogP contribution in [0.25, 0.3) is 0 Å². The zero-order valence-electron chi connectivity index (χ0n) is 10.7. The zero-order chi connectivity index (χ0) is 14.3. The number of halogens is 1. The lowest BCUT2D eigenvalue weighted by atomic mass is 10.1. The predicted octanol–water partition coefficient (Wildman–Crippen LogP) is 3.55. The van der Waals surface area contributed by atoms with Gasteiger partial charge in [0.1, 0.15) is 5.75 Å². The second-order valence-corrected chi connectivity index (χ2v) is 6.62. The molecular weight excluding hydrogens is 294 g/mol. The van der Waals surface area contributed by atoms with Crippen molar-refractivity contribution in [3.8, 4) is 5.75 Å². The standard InChI is InChI=1S/C15H12ClNO2S/c1-17-12-4-2-3-5-13(12)20-15(16,14(17)19)10-6-8-11(18)9-7-10/h2-9,18H,1H3. The maximum absolute atomic E-state index is 12.6. The second kappa shape index (κ2) is 4.72. The van der Waals surface area contributed by atoms with E-state index in [0.29, 0.717) is 5.56 Å². The van der Waals surface area contributed by atoms with E-state index in [0.717, 1.165) is 10.6 Å². The molecule has 3 rings (SSSR count). The third-order valence-electron chi connectivity index (χ3n) is 3.30. The Morgan fingerprint density at radius 3 is 2.50 bits per heavy atom. The molecule has 5 heteroatoms. The lowest BCUT2D eigenvalue weighted by molar-refractivity contribution is -0.119. The fourth-order valence-corrected chi connectivity index (χ4v) is 3.94. The number of carbonyl (C=O) groups is 1. The van der Waals surface area contributed by atoms with Crippen LogP contribution in [0.15, 0.2) is 53.4 Å². The van der Waals surface area contributed by atoms with Crippen LogP contribution in [-0.4, -0.2) is 18.1 Å². The molecule has 1 aliphatic heterocycles. The van der Waals surface area contributed by atoms with Gasteiger partial charge in [0.15, 0.2) is 4.21 Å². The van der Waals surface area contributed by atoms with Gasteiger partial charge in [0.05, 0.1) is 5.69 Å². The summed E-state index contributed by atoms with van der Waals surface area (Å²) >= 11 is 7.94. The molecule has 1 atom stereocenters. The number of thioether (sulfide) groups is 1. The molecule has 0 bridgehead atoms. The van der Waals surface area contributed by atoms with E-state index in [2.05, 4.69) is 0 Å². The number of fused-ring (bicyclic) bond motifs is 1. The summed E-state index contributed by atoms with van der Waals surface area (Å²) in [5.74, 6) is -0.0374. The summed E-state index contributed by atoms with van der Waals surface area (Å²) in [6.45, 7) is 0. The van der Waals surface area contributed by atoms with Crippen LogP contribution in [0.2, 0.25) is 0 Å². The third-order valence-corrected chi connectivity index (χ3v) is 5.16. The van der Waals surface area contributed by atoms with Crippen molar-refractivity contribution < 1.29 is 9.90 Å². The van der Waals surface area contributed by atoms with Gasteiger partial charge >= 0.3 is 0 Å². The number of hydrogen-bond donors (Lipinski definition) is 1. The first kappa shape index (κ1) is 13.3. The fourth-order valence-electron chi connectivity index (χ4n) is 2.20. The van der Waals surface area contributed by atoms with E-state index in [1.165, 1.54) is 23.9 Å². The summed E-state index contributed by atoms with van der Waals surface area (Å²) in [5.41, 5.74) is 1.52. The van der Waals surface area contributed by atoms with Crippen LogP contribution in [-0.2, 0) is 9.00 Å². The van der Waals surface area contributed by atoms with E-state index in [1.807, 2.05) is 24.3 Å². The second-order valence-electron chi connectivity index (χ2n) is 4.58. The van der Waals surface area contributed by atoms with Crippen molar-refractivity contribution >= 4 is 35.0 Å². The Bertz CT molecular complexity index is 674. The van der Waals surface area contributed by atoms with Crippen LogP contribution in [0, 0.1) is 0 Å². The molecule has 3 nitrogen and oxygen atoms in total. The third kappa shape index (κ3) is 1.96. The topological polar surface area (TPSA) is 40.5 Å². The Morgan fingerprint density at radius 1 is 1.15 bits per heavy atom. The number of benzene rings is 2. The highest BCUT2D eigenvalue weighted by Gasteiger charge is 2.46. The molecule has 0 fully saturated rings. The molecule has 2 aromatic carbocycles. The first-order valence-corrected chi connectivity index (χ1v) is 7.26. The minimum atomic E-state index is -1.20. The summed E-state index contributed by atoms with van der Waals surface area (Å²) < 4.78 is -1.20. The van der Waals surface area contributed by atoms with Crippen molar-refractivity contribution in [2.45, 2.75) is 9.10 Å². The number of phenolic OH excluding ortho intramolecular Hbond substituents is 1. The Balaban J connectivity index is 2.11. The number of hydrogen-bond acceptors (Lipinski definition) is 3. The molecular formula is C15H12ClNO2S. The maximum Gasteiger partial charge on any atom is 0.263 e. The molecule has 1 unspecified atom stereocenters. The molecule has 0 aliphatic carbocycles. The lowest BCUT2D eigenvalue weighted by Crippen LogP contribution is -2.42. The number of para-hydroxylation sites is 1. The van der Waals surface area contributed by atoms with E-state index in [1.54, 1.807) is 24.1 Å². The zero-order valence-corrected chi connectivity index (χ0v) is 12.3. The molecule has 0 radical (unpaired) electrons. The number of rotatable bonds is 1. The van der Waals surface area contributed by atoms with Crippen molar-refractivity contribution in [2.24, 2.45) is 0 Å². The highest BCUT2D eigenvalue weighted by atomic mass is 35.5. The van der Waals surface area contributed by atoms with E-state index in [4.69, 9.17) is 11.6 Å². The van der Waals surface area contributed by atoms with Crippen molar-refractivity contribution in [2.75, 3.05) is 11.9 Å². The normalized spacial score (nSPS) is 21.7. The molecule has 0 saturated carbocycles. The summed E-state index contributed by atoms with van der Waals surface area (Å²) in [5, 5.41) is 9.37. The number of amides is 1. The van der Waals surface area contributed by atoms with Gasteiger partial charge < -0.3 is 10.0 Å². The highest BCUT2D eigenvalue weighted by molar-refractivity contribution is 8.02. The number of carbonyl (C=O) groups excluding carboxylic acids is 1. The van der Waals surface area contributed by atoms with Crippen molar-refractivity contribution in [1.29, 1.82) is 0 Å². The molecule has 0 saturated heterocycles. The average Bonchev–Trinajstić information content (AvgIpc) is 2.46. The van der Waals surface area contributed by atoms with Gasteiger partial charge in [-0.05, 0) is 29.8 Å². The molecule has 1 heterocycles. The van der Waals surface area contributed by atoms with Gasteiger partial charge in [-0.25, -0.2) is 0 Å². The Kier molecular flexibility index (Phi) is 3.15. The van der Waals surface area contributed by atoms with Gasteiger partial charge in [-0.15, -0.1) is 0 Å². The molecule has 1 aliphatic rings. The maximum atomic E-state index is 12.6. The fraction of sp³-hybridized carbons (Fsp3) is 0.133. The van der Waals surface area contributed by atoms with Gasteiger partial charge in [0, 0.05) is 11.9 Å². The van der Waals surface area contributed by atoms with Crippen LogP contribution in [0.5, 0.6) is 5.75 Å². The first-order valence-electron chi connectivity index (χ1n) is 6.07. The molecule has 20 heavy (non-hydrogen) atoms. The molecule has 0 spiro atoms. The van der Waals surface area contributed by atoms with Crippen molar-refractivity contribution in [3.05, 3.63) is 54.1 Å². The Morgan fingerprint density at radius 2 is 1.80 bits per heavy atom. The smallest absolute Gasteiger partial charge is 0.263 e. The Labute approximate surface area is 126 Å². The summed E-state index contributed by atoms with van der Waals surface area (Å²) in [4.78, 5) is 15.1. The molecule has 1 amide bonds. The molecule has 1 N–H and O–H groups in total. The number of alkyl halides is 1. The number of phenols is 1. The number of anilines is 1. The average molecular weight is 306 g/mol. The van der Waals surface area contributed by atoms with Gasteiger partial charge in [-0.2, -0.15) is 0 Å². The van der Waals surface area contributed by atoms with Crippen LogP contribution < -0.4 is 4.90 Å². The number of nitrogens with zero attached hydrogens (tertiary/aromatic N) is 1. The highest BCUT2D eigenvalue weighted by Crippen LogP contribution is 2.52. The lowest BCUT2D eigenvalue weighted by Gasteiger charge is -2.36. The minimum Gasteiger partial charge on any atom is -0.508 e. The van der Waals surface area contributed by atoms with Crippen molar-refractivity contribution in [3.63, 3.8) is 0 Å². The molecule has 0 aromatic heterocycles. The number of aromatic hydroxyl groups is 1. The first-order chi connectivity index (χ1) is 9.52. The monoisotopic (exact) mass is 305 g/mol. The van der Waals surface area contributed by atoms with Gasteiger partial charge in [-0.3, -0.25) is 4.79 Å². The number of likely N-dealkylation sites (N-methyl/N-ethyl adjacent to an activating group) is 1. The van der Waals surface area contributed by atoms with Gasteiger partial charge in [-0.1, -0.05) is 47.6 Å². The van der Waals surface area contributed by atoms with E-state index in [9.17, 15) is 9.90 Å². The predicted molar refractivity (Wildman–Crippen MR) is 81.3 cm³/mol. The van der Waals surface area contributed by atoms with E-state index < -0.39 is 4.21 Å². The van der Waals surface area contributed by atoms with Crippen molar-refractivity contribution in [1.82, 2.24) is 0 Å². The molecule has 2 aromatic rings. The quantitative estimate of drug-likeness (QED) is 0.819. The van der Waals surface area contributed by atoms with Gasteiger partial charge in [0.25, 0.3) is 5.91 Å². The van der Waals surface area contributed by atoms with E-state index >= 15 is 0 Å². The Hall–Kier alpha value is -1.65. The largest absolute Gasteiger partial charge is 0.508 e. The minimum absolute atomic E-state index is 0.149. The van der Waals surface area contributed by atoms with E-state index in [-0.39, 0.29) is 11.7 Å². The summed E-state index contributed by atoms with van der Waals surface area (Å²) in [6, 6.07) is 14.1. The summed E-state index contributed by atoms with van der Waals surface area (Å²) in [6.07, 6.45) is 0. The van der Waals surface area contributed by atoms with Crippen LogP contribution >= 0.6 is 23.4 Å². The SMILES string of the molecule is CN1C(=O)C(Cl)(c2ccc(O)cc2)Sc2ccccc21. The molecule has 102 valence electrons. The van der Waals surface area contributed by atoms with Gasteiger partial charge in [0.2, 0.25) is 0 Å².